The normalized spacial score (nSPS) is 11.2. The lowest BCUT2D eigenvalue weighted by molar-refractivity contribution is -0.679. The first-order valence-electron chi connectivity index (χ1n) is 5.70. The molecule has 0 fully saturated rings. The molecule has 0 saturated carbocycles. The minimum absolute atomic E-state index is 0.261. The molecule has 0 amide bonds. The Bertz CT molecular complexity index is 624. The minimum Gasteiger partial charge on any atom is -0.234 e. The fourth-order valence-electron chi connectivity index (χ4n) is 1.64. The number of aryl methyl sites for hydroxylation is 1. The predicted octanol–water partition coefficient (Wildman–Crippen LogP) is 1.79. The number of nitrogens with zero attached hydrogens (tertiary/aromatic N) is 1. The Morgan fingerprint density at radius 1 is 1.06 bits per heavy atom. The fourth-order valence-corrected chi connectivity index (χ4v) is 2.73. The third-order valence-electron chi connectivity index (χ3n) is 2.57. The van der Waals surface area contributed by atoms with Crippen molar-refractivity contribution in [2.75, 3.05) is 4.72 Å². The molecule has 1 aromatic heterocycles. The molecule has 2 rings (SSSR count). The van der Waals surface area contributed by atoms with Crippen LogP contribution in [-0.2, 0) is 16.6 Å². The summed E-state index contributed by atoms with van der Waals surface area (Å²) < 4.78 is 28.7. The average Bonchev–Trinajstić information content (AvgIpc) is 2.40. The van der Waals surface area contributed by atoms with Gasteiger partial charge in [-0.3, -0.25) is 0 Å². The van der Waals surface area contributed by atoms with E-state index in [2.05, 4.69) is 4.72 Å². The summed E-state index contributed by atoms with van der Waals surface area (Å²) in [6, 6.07) is 13.7. The van der Waals surface area contributed by atoms with Gasteiger partial charge in [0.1, 0.15) is 4.90 Å². The molecule has 0 saturated heterocycles. The number of hydrogen-bond acceptors (Lipinski definition) is 2. The summed E-state index contributed by atoms with van der Waals surface area (Å²) >= 11 is 0. The predicted molar refractivity (Wildman–Crippen MR) is 69.6 cm³/mol. The van der Waals surface area contributed by atoms with Crippen LogP contribution in [0.2, 0.25) is 0 Å². The van der Waals surface area contributed by atoms with E-state index in [9.17, 15) is 8.42 Å². The molecule has 4 nitrogen and oxygen atoms in total. The van der Waals surface area contributed by atoms with Gasteiger partial charge in [-0.1, -0.05) is 24.3 Å². The number of sulfonamides is 1. The molecule has 0 radical (unpaired) electrons. The van der Waals surface area contributed by atoms with E-state index < -0.39 is 10.0 Å². The molecule has 0 unspecified atom stereocenters. The summed E-state index contributed by atoms with van der Waals surface area (Å²) in [5.41, 5.74) is 0. The first-order chi connectivity index (χ1) is 8.63. The van der Waals surface area contributed by atoms with Gasteiger partial charge in [-0.15, -0.1) is 0 Å². The molecular formula is C13H15N2O2S+. The largest absolute Gasteiger partial charge is 0.328 e. The number of pyridine rings is 1. The second-order valence-corrected chi connectivity index (χ2v) is 5.47. The van der Waals surface area contributed by atoms with Gasteiger partial charge in [0.2, 0.25) is 0 Å². The highest BCUT2D eigenvalue weighted by Gasteiger charge is 2.20. The van der Waals surface area contributed by atoms with Gasteiger partial charge in [0, 0.05) is 6.07 Å². The first kappa shape index (κ1) is 12.6. The molecule has 1 aromatic carbocycles. The Hall–Kier alpha value is -1.88. The Balaban J connectivity index is 2.34. The Kier molecular flexibility index (Phi) is 3.62. The number of anilines is 1. The second-order valence-electron chi connectivity index (χ2n) is 3.79. The maximum Gasteiger partial charge on any atom is 0.328 e. The molecule has 18 heavy (non-hydrogen) atoms. The van der Waals surface area contributed by atoms with Gasteiger partial charge in [-0.05, 0) is 25.1 Å². The maximum absolute atomic E-state index is 12.1. The van der Waals surface area contributed by atoms with Crippen LogP contribution in [0.4, 0.5) is 5.82 Å². The van der Waals surface area contributed by atoms with Crippen molar-refractivity contribution in [3.8, 4) is 0 Å². The zero-order valence-corrected chi connectivity index (χ0v) is 10.9. The van der Waals surface area contributed by atoms with Crippen LogP contribution < -0.4 is 9.29 Å². The number of aromatic nitrogens is 1. The van der Waals surface area contributed by atoms with Crippen LogP contribution in [0.5, 0.6) is 0 Å². The summed E-state index contributed by atoms with van der Waals surface area (Å²) in [4.78, 5) is 0.261. The molecule has 94 valence electrons. The molecule has 5 heteroatoms. The van der Waals surface area contributed by atoms with Crippen LogP contribution in [0.25, 0.3) is 0 Å². The van der Waals surface area contributed by atoms with Gasteiger partial charge in [0.15, 0.2) is 0 Å². The lowest BCUT2D eigenvalue weighted by Gasteiger charge is -2.05. The van der Waals surface area contributed by atoms with Crippen molar-refractivity contribution in [3.63, 3.8) is 0 Å². The van der Waals surface area contributed by atoms with E-state index in [-0.39, 0.29) is 4.90 Å². The van der Waals surface area contributed by atoms with Gasteiger partial charge in [-0.25, -0.2) is 4.57 Å². The molecule has 0 spiro atoms. The van der Waals surface area contributed by atoms with Crippen molar-refractivity contribution >= 4 is 15.8 Å². The summed E-state index contributed by atoms with van der Waals surface area (Å²) in [7, 11) is -3.52. The Morgan fingerprint density at radius 2 is 1.72 bits per heavy atom. The lowest BCUT2D eigenvalue weighted by Crippen LogP contribution is -2.36. The van der Waals surface area contributed by atoms with E-state index in [0.717, 1.165) is 0 Å². The molecule has 1 heterocycles. The smallest absolute Gasteiger partial charge is 0.234 e. The standard InChI is InChI=1S/C13H14N2O2S/c1-2-15-11-7-6-10-13(15)14-18(16,17)12-8-4-3-5-9-12/h3-11H,2H2,1H3/p+1. The van der Waals surface area contributed by atoms with Crippen LogP contribution in [-0.4, -0.2) is 8.42 Å². The lowest BCUT2D eigenvalue weighted by atomic mass is 10.4. The van der Waals surface area contributed by atoms with Crippen LogP contribution in [0, 0.1) is 0 Å². The second kappa shape index (κ2) is 5.18. The van der Waals surface area contributed by atoms with E-state index in [0.29, 0.717) is 12.4 Å². The summed E-state index contributed by atoms with van der Waals surface area (Å²) in [6.45, 7) is 2.66. The van der Waals surface area contributed by atoms with Crippen LogP contribution >= 0.6 is 0 Å². The maximum atomic E-state index is 12.1. The van der Waals surface area contributed by atoms with E-state index in [1.807, 2.05) is 23.8 Å². The molecular weight excluding hydrogens is 248 g/mol. The molecule has 2 aromatic rings. The van der Waals surface area contributed by atoms with Crippen molar-refractivity contribution in [2.24, 2.45) is 0 Å². The van der Waals surface area contributed by atoms with Crippen LogP contribution in [0.15, 0.2) is 59.6 Å². The summed E-state index contributed by atoms with van der Waals surface area (Å²) in [5.74, 6) is 0.559. The third kappa shape index (κ3) is 2.68. The van der Waals surface area contributed by atoms with Crippen molar-refractivity contribution in [2.45, 2.75) is 18.4 Å². The minimum atomic E-state index is -3.52. The van der Waals surface area contributed by atoms with Crippen LogP contribution in [0.1, 0.15) is 6.92 Å². The van der Waals surface area contributed by atoms with Gasteiger partial charge >= 0.3 is 10.0 Å². The van der Waals surface area contributed by atoms with Gasteiger partial charge < -0.3 is 0 Å². The molecule has 0 bridgehead atoms. The van der Waals surface area contributed by atoms with Gasteiger partial charge in [-0.2, -0.15) is 13.1 Å². The zero-order valence-electron chi connectivity index (χ0n) is 10.1. The highest BCUT2D eigenvalue weighted by Crippen LogP contribution is 2.12. The van der Waals surface area contributed by atoms with E-state index in [4.69, 9.17) is 0 Å². The van der Waals surface area contributed by atoms with Crippen molar-refractivity contribution in [1.29, 1.82) is 0 Å². The molecule has 0 aliphatic rings. The highest BCUT2D eigenvalue weighted by atomic mass is 32.2. The summed E-state index contributed by atoms with van der Waals surface area (Å²) in [6.07, 6.45) is 1.84. The molecule has 0 aliphatic heterocycles. The topological polar surface area (TPSA) is 50.1 Å². The molecule has 0 atom stereocenters. The monoisotopic (exact) mass is 263 g/mol. The fraction of sp³-hybridized carbons (Fsp3) is 0.154. The van der Waals surface area contributed by atoms with E-state index >= 15 is 0 Å². The quantitative estimate of drug-likeness (QED) is 0.855. The van der Waals surface area contributed by atoms with Gasteiger partial charge in [0.25, 0.3) is 5.82 Å². The van der Waals surface area contributed by atoms with Crippen molar-refractivity contribution in [1.82, 2.24) is 0 Å². The molecule has 1 N–H and O–H groups in total. The SMILES string of the molecule is CC[n+]1ccccc1NS(=O)(=O)c1ccccc1. The Labute approximate surface area is 107 Å². The number of nitrogens with one attached hydrogen (secondary N) is 1. The van der Waals surface area contributed by atoms with Crippen molar-refractivity contribution < 1.29 is 13.0 Å². The molecule has 0 aliphatic carbocycles. The van der Waals surface area contributed by atoms with E-state index in [1.165, 1.54) is 0 Å². The van der Waals surface area contributed by atoms with E-state index in [1.54, 1.807) is 42.5 Å². The van der Waals surface area contributed by atoms with Gasteiger partial charge in [0.05, 0.1) is 12.7 Å². The zero-order chi connectivity index (χ0) is 13.0. The average molecular weight is 263 g/mol. The highest BCUT2D eigenvalue weighted by molar-refractivity contribution is 7.92. The first-order valence-corrected chi connectivity index (χ1v) is 7.18. The van der Waals surface area contributed by atoms with Crippen LogP contribution in [0.3, 0.4) is 0 Å². The number of rotatable bonds is 4. The third-order valence-corrected chi connectivity index (χ3v) is 3.94. The number of benzene rings is 1. The number of hydrogen-bond donors (Lipinski definition) is 1. The Morgan fingerprint density at radius 3 is 2.39 bits per heavy atom. The van der Waals surface area contributed by atoms with Crippen molar-refractivity contribution in [3.05, 3.63) is 54.7 Å². The summed E-state index contributed by atoms with van der Waals surface area (Å²) in [5, 5.41) is 0.